The monoisotopic (exact) mass is 320 g/mol. The minimum Gasteiger partial charge on any atom is -0.371 e. The van der Waals surface area contributed by atoms with Gasteiger partial charge in [0, 0.05) is 29.1 Å². The number of hydrogen-bond donors (Lipinski definition) is 0. The zero-order chi connectivity index (χ0) is 10.4. The van der Waals surface area contributed by atoms with E-state index in [1.54, 1.807) is 0 Å². The van der Waals surface area contributed by atoms with E-state index in [0.717, 1.165) is 28.9 Å². The van der Waals surface area contributed by atoms with Crippen molar-refractivity contribution < 1.29 is 9.13 Å². The number of rotatable bonds is 1. The van der Waals surface area contributed by atoms with Gasteiger partial charge in [-0.25, -0.2) is 4.98 Å². The maximum Gasteiger partial charge on any atom is 0.215 e. The van der Waals surface area contributed by atoms with Crippen molar-refractivity contribution in [1.82, 2.24) is 4.98 Å². The number of morpholine rings is 1. The van der Waals surface area contributed by atoms with E-state index in [1.165, 1.54) is 6.07 Å². The first-order chi connectivity index (χ1) is 7.20. The Hall–Kier alpha value is -0.430. The van der Waals surface area contributed by atoms with Crippen molar-refractivity contribution in [1.29, 1.82) is 0 Å². The maximum atomic E-state index is 13.1. The van der Waals surface area contributed by atoms with Crippen molar-refractivity contribution in [2.75, 3.05) is 18.0 Å². The van der Waals surface area contributed by atoms with Crippen LogP contribution >= 0.6 is 22.6 Å². The summed E-state index contributed by atoms with van der Waals surface area (Å²) in [6, 6.07) is 3.35. The Morgan fingerprint density at radius 3 is 2.67 bits per heavy atom. The first-order valence-corrected chi connectivity index (χ1v) is 6.02. The lowest BCUT2D eigenvalue weighted by Gasteiger charge is -2.47. The van der Waals surface area contributed by atoms with Gasteiger partial charge in [-0.2, -0.15) is 4.39 Å². The van der Waals surface area contributed by atoms with E-state index >= 15 is 0 Å². The van der Waals surface area contributed by atoms with Gasteiger partial charge in [0.1, 0.15) is 5.82 Å². The highest BCUT2D eigenvalue weighted by molar-refractivity contribution is 14.1. The van der Waals surface area contributed by atoms with Gasteiger partial charge >= 0.3 is 0 Å². The van der Waals surface area contributed by atoms with Crippen molar-refractivity contribution in [2.24, 2.45) is 0 Å². The predicted octanol–water partition coefficient (Wildman–Crippen LogP) is 1.80. The highest BCUT2D eigenvalue weighted by Gasteiger charge is 2.38. The molecule has 4 heterocycles. The number of anilines is 1. The van der Waals surface area contributed by atoms with Crippen LogP contribution in [0.4, 0.5) is 10.2 Å². The molecular formula is C10H10FIN2O. The Kier molecular flexibility index (Phi) is 2.31. The van der Waals surface area contributed by atoms with Crippen molar-refractivity contribution in [3.63, 3.8) is 0 Å². The Morgan fingerprint density at radius 1 is 1.40 bits per heavy atom. The van der Waals surface area contributed by atoms with E-state index in [-0.39, 0.29) is 0 Å². The van der Waals surface area contributed by atoms with Gasteiger partial charge in [-0.3, -0.25) is 0 Å². The Balaban J connectivity index is 1.86. The quantitative estimate of drug-likeness (QED) is 0.583. The normalized spacial score (nSPS) is 28.8. The van der Waals surface area contributed by atoms with Gasteiger partial charge in [0.05, 0.1) is 12.2 Å². The average Bonchev–Trinajstić information content (AvgIpc) is 2.15. The van der Waals surface area contributed by atoms with Gasteiger partial charge in [0.15, 0.2) is 0 Å². The minimum absolute atomic E-state index is 0.325. The molecule has 3 nitrogen and oxygen atoms in total. The highest BCUT2D eigenvalue weighted by atomic mass is 127. The molecule has 0 amide bonds. The predicted molar refractivity (Wildman–Crippen MR) is 62.4 cm³/mol. The van der Waals surface area contributed by atoms with Crippen molar-refractivity contribution >= 4 is 28.4 Å². The van der Waals surface area contributed by atoms with E-state index in [4.69, 9.17) is 4.74 Å². The lowest BCUT2D eigenvalue weighted by Crippen LogP contribution is -2.57. The largest absolute Gasteiger partial charge is 0.371 e. The van der Waals surface area contributed by atoms with Crippen LogP contribution in [0.3, 0.4) is 0 Å². The van der Waals surface area contributed by atoms with E-state index in [2.05, 4.69) is 32.5 Å². The lowest BCUT2D eigenvalue weighted by molar-refractivity contribution is -0.133. The van der Waals surface area contributed by atoms with Crippen LogP contribution in [0.1, 0.15) is 6.42 Å². The zero-order valence-corrected chi connectivity index (χ0v) is 10.1. The molecule has 3 fully saturated rings. The smallest absolute Gasteiger partial charge is 0.215 e. The highest BCUT2D eigenvalue weighted by Crippen LogP contribution is 2.30. The summed E-state index contributed by atoms with van der Waals surface area (Å²) >= 11 is 2.11. The van der Waals surface area contributed by atoms with Gasteiger partial charge in [0.2, 0.25) is 5.95 Å². The fourth-order valence-electron chi connectivity index (χ4n) is 2.16. The van der Waals surface area contributed by atoms with Crippen LogP contribution < -0.4 is 4.90 Å². The second-order valence-corrected chi connectivity index (χ2v) is 5.23. The van der Waals surface area contributed by atoms with E-state index in [1.807, 2.05) is 6.07 Å². The Bertz CT molecular complexity index is 365. The molecule has 0 aliphatic carbocycles. The number of fused-ring (bicyclic) bond motifs is 2. The van der Waals surface area contributed by atoms with Gasteiger partial charge in [-0.1, -0.05) is 0 Å². The summed E-state index contributed by atoms with van der Waals surface area (Å²) in [7, 11) is 0. The molecule has 0 aromatic carbocycles. The molecule has 1 aromatic rings. The van der Waals surface area contributed by atoms with Crippen LogP contribution in [-0.2, 0) is 4.74 Å². The molecule has 3 aliphatic rings. The van der Waals surface area contributed by atoms with E-state index < -0.39 is 5.95 Å². The first kappa shape index (κ1) is 9.77. The summed E-state index contributed by atoms with van der Waals surface area (Å²) in [6.07, 6.45) is 1.79. The SMILES string of the molecule is Fc1cc(I)cc(N2CC3CC(C2)O3)n1. The minimum atomic E-state index is -0.405. The van der Waals surface area contributed by atoms with Crippen LogP contribution in [0.2, 0.25) is 0 Å². The topological polar surface area (TPSA) is 25.4 Å². The second-order valence-electron chi connectivity index (χ2n) is 3.99. The van der Waals surface area contributed by atoms with Crippen LogP contribution in [0.25, 0.3) is 0 Å². The standard InChI is InChI=1S/C10H10FIN2O/c11-9-1-6(12)2-10(13-9)14-4-7-3-8(5-14)15-7/h1-2,7-8H,3-5H2. The Labute approximate surface area is 101 Å². The van der Waals surface area contributed by atoms with Crippen molar-refractivity contribution in [3.05, 3.63) is 21.7 Å². The molecule has 1 aromatic heterocycles. The van der Waals surface area contributed by atoms with Gasteiger partial charge in [0.25, 0.3) is 0 Å². The fourth-order valence-corrected chi connectivity index (χ4v) is 2.69. The first-order valence-electron chi connectivity index (χ1n) is 4.94. The second kappa shape index (κ2) is 3.55. The van der Waals surface area contributed by atoms with Crippen LogP contribution in [0.5, 0.6) is 0 Å². The third-order valence-corrected chi connectivity index (χ3v) is 3.45. The molecule has 80 valence electrons. The van der Waals surface area contributed by atoms with Crippen molar-refractivity contribution in [2.45, 2.75) is 18.6 Å². The molecule has 3 aliphatic heterocycles. The molecule has 2 bridgehead atoms. The molecule has 0 spiro atoms. The third-order valence-electron chi connectivity index (χ3n) is 2.83. The molecule has 0 radical (unpaired) electrons. The Morgan fingerprint density at radius 2 is 2.07 bits per heavy atom. The number of piperidine rings is 1. The molecule has 2 atom stereocenters. The fraction of sp³-hybridized carbons (Fsp3) is 0.500. The zero-order valence-electron chi connectivity index (χ0n) is 7.99. The molecular weight excluding hydrogens is 310 g/mol. The van der Waals surface area contributed by atoms with Crippen molar-refractivity contribution in [3.8, 4) is 0 Å². The molecule has 0 N–H and O–H groups in total. The molecule has 2 unspecified atom stereocenters. The van der Waals surface area contributed by atoms with Gasteiger partial charge in [-0.15, -0.1) is 0 Å². The number of hydrogen-bond acceptors (Lipinski definition) is 3. The van der Waals surface area contributed by atoms with E-state index in [9.17, 15) is 4.39 Å². The van der Waals surface area contributed by atoms with E-state index in [0.29, 0.717) is 12.2 Å². The summed E-state index contributed by atoms with van der Waals surface area (Å²) in [4.78, 5) is 6.02. The molecule has 15 heavy (non-hydrogen) atoms. The number of halogens is 2. The summed E-state index contributed by atoms with van der Waals surface area (Å²) in [5, 5.41) is 0. The molecule has 3 saturated heterocycles. The number of ether oxygens (including phenoxy) is 1. The summed E-state index contributed by atoms with van der Waals surface area (Å²) in [5.41, 5.74) is 0. The van der Waals surface area contributed by atoms with Crippen LogP contribution in [-0.4, -0.2) is 30.3 Å². The number of aromatic nitrogens is 1. The average molecular weight is 320 g/mol. The van der Waals surface area contributed by atoms with Gasteiger partial charge < -0.3 is 9.64 Å². The molecule has 5 heteroatoms. The lowest BCUT2D eigenvalue weighted by atomic mass is 9.99. The summed E-state index contributed by atoms with van der Waals surface area (Å²) < 4.78 is 19.5. The number of pyridine rings is 1. The number of nitrogens with zero attached hydrogens (tertiary/aromatic N) is 2. The summed E-state index contributed by atoms with van der Waals surface area (Å²) in [5.74, 6) is 0.328. The summed E-state index contributed by atoms with van der Waals surface area (Å²) in [6.45, 7) is 1.67. The maximum absolute atomic E-state index is 13.1. The van der Waals surface area contributed by atoms with Crippen LogP contribution in [0.15, 0.2) is 12.1 Å². The molecule has 4 rings (SSSR count). The molecule has 0 saturated carbocycles. The van der Waals surface area contributed by atoms with Gasteiger partial charge in [-0.05, 0) is 28.7 Å². The third kappa shape index (κ3) is 1.82. The van der Waals surface area contributed by atoms with Crippen LogP contribution in [0, 0.1) is 9.52 Å².